The first-order valence-electron chi connectivity index (χ1n) is 5.77. The lowest BCUT2D eigenvalue weighted by atomic mass is 9.89. The molecule has 1 aromatic carbocycles. The largest absolute Gasteiger partial charge is 0.294 e. The predicted molar refractivity (Wildman–Crippen MR) is 75.9 cm³/mol. The third-order valence-corrected chi connectivity index (χ3v) is 2.84. The lowest BCUT2D eigenvalue weighted by Gasteiger charge is -2.14. The first-order chi connectivity index (χ1) is 8.25. The average Bonchev–Trinajstić information content (AvgIpc) is 2.26. The smallest absolute Gasteiger partial charge is 0.160 e. The summed E-state index contributed by atoms with van der Waals surface area (Å²) < 4.78 is 0. The second-order valence-corrected chi connectivity index (χ2v) is 4.62. The summed E-state index contributed by atoms with van der Waals surface area (Å²) in [4.78, 5) is 23.3. The van der Waals surface area contributed by atoms with Gasteiger partial charge in [0.05, 0.1) is 0 Å². The van der Waals surface area contributed by atoms with E-state index in [0.29, 0.717) is 11.1 Å². The van der Waals surface area contributed by atoms with Crippen LogP contribution in [0.1, 0.15) is 59.5 Å². The monoisotopic (exact) mass is 242 g/mol. The maximum Gasteiger partial charge on any atom is 0.160 e. The van der Waals surface area contributed by atoms with Crippen LogP contribution in [0.15, 0.2) is 25.3 Å². The van der Waals surface area contributed by atoms with E-state index in [2.05, 4.69) is 13.2 Å². The Kier molecular flexibility index (Phi) is 4.02. The molecule has 1 rings (SSSR count). The summed E-state index contributed by atoms with van der Waals surface area (Å²) in [5, 5.41) is 0. The summed E-state index contributed by atoms with van der Waals surface area (Å²) in [6, 6.07) is 3.48. The van der Waals surface area contributed by atoms with Crippen molar-refractivity contribution in [2.45, 2.75) is 27.7 Å². The van der Waals surface area contributed by atoms with E-state index in [-0.39, 0.29) is 11.6 Å². The van der Waals surface area contributed by atoms with E-state index in [9.17, 15) is 9.59 Å². The Bertz CT molecular complexity index is 464. The van der Waals surface area contributed by atoms with Crippen molar-refractivity contribution in [2.75, 3.05) is 0 Å². The van der Waals surface area contributed by atoms with Crippen molar-refractivity contribution in [3.63, 3.8) is 0 Å². The van der Waals surface area contributed by atoms with Crippen LogP contribution < -0.4 is 0 Å². The van der Waals surface area contributed by atoms with Crippen molar-refractivity contribution in [2.24, 2.45) is 0 Å². The first-order valence-corrected chi connectivity index (χ1v) is 5.77. The van der Waals surface area contributed by atoms with E-state index in [0.717, 1.165) is 22.3 Å². The number of benzene rings is 1. The first kappa shape index (κ1) is 14.1. The molecule has 0 saturated heterocycles. The highest BCUT2D eigenvalue weighted by Gasteiger charge is 2.16. The van der Waals surface area contributed by atoms with E-state index in [1.54, 1.807) is 6.07 Å². The zero-order valence-corrected chi connectivity index (χ0v) is 11.4. The molecule has 94 valence electrons. The summed E-state index contributed by atoms with van der Waals surface area (Å²) >= 11 is 0. The van der Waals surface area contributed by atoms with Crippen molar-refractivity contribution in [3.8, 4) is 0 Å². The van der Waals surface area contributed by atoms with Crippen molar-refractivity contribution in [1.82, 2.24) is 0 Å². The van der Waals surface area contributed by atoms with Gasteiger partial charge in [-0.2, -0.15) is 0 Å². The van der Waals surface area contributed by atoms with Gasteiger partial charge in [-0.05, 0) is 51.0 Å². The molecule has 0 bridgehead atoms. The van der Waals surface area contributed by atoms with E-state index < -0.39 is 0 Å². The van der Waals surface area contributed by atoms with E-state index in [4.69, 9.17) is 0 Å². The maximum absolute atomic E-state index is 11.7. The normalized spacial score (nSPS) is 10.0. The van der Waals surface area contributed by atoms with Crippen LogP contribution in [0.4, 0.5) is 0 Å². The number of carbonyl (C=O) groups excluding carboxylic acids is 2. The SMILES string of the molecule is C=C(C)c1cc(C(=C)C)c(C(C)=O)cc1C(C)=O. The second-order valence-electron chi connectivity index (χ2n) is 4.62. The topological polar surface area (TPSA) is 34.1 Å². The Morgan fingerprint density at radius 3 is 1.22 bits per heavy atom. The molecule has 0 fully saturated rings. The summed E-state index contributed by atoms with van der Waals surface area (Å²) in [6.45, 7) is 14.4. The van der Waals surface area contributed by atoms with E-state index in [1.165, 1.54) is 13.8 Å². The minimum absolute atomic E-state index is 0.0660. The molecule has 0 aliphatic carbocycles. The molecule has 0 heterocycles. The molecule has 0 N–H and O–H groups in total. The van der Waals surface area contributed by atoms with Gasteiger partial charge in [0.25, 0.3) is 0 Å². The Hall–Kier alpha value is -1.96. The zero-order chi connectivity index (χ0) is 14.0. The van der Waals surface area contributed by atoms with Crippen molar-refractivity contribution >= 4 is 22.7 Å². The molecule has 0 unspecified atom stereocenters. The quantitative estimate of drug-likeness (QED) is 0.743. The van der Waals surface area contributed by atoms with Gasteiger partial charge < -0.3 is 0 Å². The molecule has 0 aliphatic rings. The Balaban J connectivity index is 3.71. The molecular weight excluding hydrogens is 224 g/mol. The van der Waals surface area contributed by atoms with Crippen LogP contribution in [0, 0.1) is 0 Å². The molecule has 18 heavy (non-hydrogen) atoms. The summed E-state index contributed by atoms with van der Waals surface area (Å²) in [5.74, 6) is -0.132. The van der Waals surface area contributed by atoms with Gasteiger partial charge in [-0.15, -0.1) is 0 Å². The minimum atomic E-state index is -0.0660. The number of allylic oxidation sites excluding steroid dienone is 2. The third-order valence-electron chi connectivity index (χ3n) is 2.84. The molecule has 0 spiro atoms. The van der Waals surface area contributed by atoms with E-state index >= 15 is 0 Å². The van der Waals surface area contributed by atoms with Crippen LogP contribution in [0.25, 0.3) is 11.1 Å². The van der Waals surface area contributed by atoms with E-state index in [1.807, 2.05) is 19.9 Å². The molecule has 0 saturated carbocycles. The molecule has 0 radical (unpaired) electrons. The minimum Gasteiger partial charge on any atom is -0.294 e. The number of ketones is 2. The van der Waals surface area contributed by atoms with Gasteiger partial charge in [-0.1, -0.05) is 24.3 Å². The number of hydrogen-bond donors (Lipinski definition) is 0. The fourth-order valence-electron chi connectivity index (χ4n) is 1.89. The fourth-order valence-corrected chi connectivity index (χ4v) is 1.89. The predicted octanol–water partition coefficient (Wildman–Crippen LogP) is 4.16. The van der Waals surface area contributed by atoms with Crippen LogP contribution in [0.2, 0.25) is 0 Å². The summed E-state index contributed by atoms with van der Waals surface area (Å²) in [5.41, 5.74) is 4.25. The number of rotatable bonds is 4. The molecule has 0 amide bonds. The highest BCUT2D eigenvalue weighted by atomic mass is 16.1. The highest BCUT2D eigenvalue weighted by molar-refractivity contribution is 6.05. The van der Waals surface area contributed by atoms with Gasteiger partial charge in [0.15, 0.2) is 11.6 Å². The molecule has 2 heteroatoms. The molecule has 0 aromatic heterocycles. The van der Waals surface area contributed by atoms with Gasteiger partial charge >= 0.3 is 0 Å². The van der Waals surface area contributed by atoms with Crippen LogP contribution in [-0.4, -0.2) is 11.6 Å². The van der Waals surface area contributed by atoms with Gasteiger partial charge in [-0.25, -0.2) is 0 Å². The Morgan fingerprint density at radius 2 is 1.00 bits per heavy atom. The standard InChI is InChI=1S/C16H18O2/c1-9(2)13-7-14(10(3)4)16(12(6)18)8-15(13)11(5)17/h7-8H,1,3H2,2,4-6H3. The number of hydrogen-bond acceptors (Lipinski definition) is 2. The summed E-state index contributed by atoms with van der Waals surface area (Å²) in [7, 11) is 0. The summed E-state index contributed by atoms with van der Waals surface area (Å²) in [6.07, 6.45) is 0. The van der Waals surface area contributed by atoms with Gasteiger partial charge in [0, 0.05) is 11.1 Å². The molecule has 2 nitrogen and oxygen atoms in total. The number of Topliss-reactive ketones (excluding diaryl/α,β-unsaturated/α-hetero) is 2. The third kappa shape index (κ3) is 2.65. The second kappa shape index (κ2) is 5.13. The van der Waals surface area contributed by atoms with Crippen LogP contribution >= 0.6 is 0 Å². The van der Waals surface area contributed by atoms with Crippen LogP contribution in [0.5, 0.6) is 0 Å². The van der Waals surface area contributed by atoms with Crippen molar-refractivity contribution < 1.29 is 9.59 Å². The Labute approximate surface area is 108 Å². The molecule has 0 atom stereocenters. The van der Waals surface area contributed by atoms with Gasteiger partial charge in [-0.3, -0.25) is 9.59 Å². The Morgan fingerprint density at radius 1 is 0.722 bits per heavy atom. The lowest BCUT2D eigenvalue weighted by molar-refractivity contribution is 0.101. The zero-order valence-electron chi connectivity index (χ0n) is 11.4. The number of carbonyl (C=O) groups is 2. The average molecular weight is 242 g/mol. The van der Waals surface area contributed by atoms with Crippen molar-refractivity contribution in [1.29, 1.82) is 0 Å². The van der Waals surface area contributed by atoms with Gasteiger partial charge in [0.1, 0.15) is 0 Å². The maximum atomic E-state index is 11.7. The fraction of sp³-hybridized carbons (Fsp3) is 0.250. The van der Waals surface area contributed by atoms with Crippen LogP contribution in [-0.2, 0) is 0 Å². The molecular formula is C16H18O2. The molecule has 0 aliphatic heterocycles. The van der Waals surface area contributed by atoms with Crippen LogP contribution in [0.3, 0.4) is 0 Å². The highest BCUT2D eigenvalue weighted by Crippen LogP contribution is 2.27. The van der Waals surface area contributed by atoms with Gasteiger partial charge in [0.2, 0.25) is 0 Å². The molecule has 1 aromatic rings. The van der Waals surface area contributed by atoms with Crippen molar-refractivity contribution in [3.05, 3.63) is 47.5 Å². The lowest BCUT2D eigenvalue weighted by Crippen LogP contribution is -2.06.